The van der Waals surface area contributed by atoms with E-state index in [0.717, 1.165) is 16.8 Å². The smallest absolute Gasteiger partial charge is 0.243 e. The topological polar surface area (TPSA) is 44.2 Å². The van der Waals surface area contributed by atoms with Crippen LogP contribution in [0.25, 0.3) is 11.1 Å². The summed E-state index contributed by atoms with van der Waals surface area (Å²) in [7, 11) is 0. The van der Waals surface area contributed by atoms with Gasteiger partial charge in [0.25, 0.3) is 0 Å². The third-order valence-electron chi connectivity index (χ3n) is 3.01. The number of carbonyl (C=O) groups is 1. The Morgan fingerprint density at radius 1 is 1.00 bits per heavy atom. The first-order valence-corrected chi connectivity index (χ1v) is 6.94. The average molecular weight is 268 g/mol. The van der Waals surface area contributed by atoms with Crippen molar-refractivity contribution in [3.05, 3.63) is 54.6 Å². The minimum Gasteiger partial charge on any atom is -0.278 e. The van der Waals surface area contributed by atoms with Gasteiger partial charge in [0.2, 0.25) is 5.91 Å². The van der Waals surface area contributed by atoms with Crippen LogP contribution in [0.4, 0.5) is 5.69 Å². The van der Waals surface area contributed by atoms with Crippen LogP contribution in [0, 0.1) is 5.41 Å². The van der Waals surface area contributed by atoms with Gasteiger partial charge in [-0.3, -0.25) is 15.1 Å². The van der Waals surface area contributed by atoms with E-state index in [1.54, 1.807) is 0 Å². The van der Waals surface area contributed by atoms with E-state index in [0.29, 0.717) is 10.9 Å². The molecule has 1 heterocycles. The Balaban J connectivity index is 2.13. The maximum Gasteiger partial charge on any atom is 0.243 e. The SMILES string of the molecule is N=C1SCC(=O)N1c1ccccc1-c1ccccc1. The summed E-state index contributed by atoms with van der Waals surface area (Å²) in [5.74, 6) is 0.320. The Hall–Kier alpha value is -2.07. The van der Waals surface area contributed by atoms with Crippen LogP contribution < -0.4 is 4.90 Å². The zero-order chi connectivity index (χ0) is 13.2. The molecule has 0 aromatic heterocycles. The van der Waals surface area contributed by atoms with Gasteiger partial charge in [-0.1, -0.05) is 60.3 Å². The van der Waals surface area contributed by atoms with Crippen molar-refractivity contribution in [2.24, 2.45) is 0 Å². The Morgan fingerprint density at radius 3 is 2.37 bits per heavy atom. The van der Waals surface area contributed by atoms with E-state index in [1.165, 1.54) is 16.7 Å². The second-order valence-corrected chi connectivity index (χ2v) is 5.17. The molecule has 0 saturated carbocycles. The van der Waals surface area contributed by atoms with E-state index in [2.05, 4.69) is 0 Å². The molecule has 2 aromatic rings. The maximum absolute atomic E-state index is 11.9. The molecule has 0 bridgehead atoms. The first kappa shape index (κ1) is 12.0. The Kier molecular flexibility index (Phi) is 3.09. The monoisotopic (exact) mass is 268 g/mol. The molecule has 0 aliphatic carbocycles. The number of nitrogens with one attached hydrogen (secondary N) is 1. The van der Waals surface area contributed by atoms with Crippen molar-refractivity contribution in [1.82, 2.24) is 0 Å². The molecule has 1 saturated heterocycles. The van der Waals surface area contributed by atoms with Gasteiger partial charge in [0.05, 0.1) is 11.4 Å². The third-order valence-corrected chi connectivity index (χ3v) is 3.86. The highest BCUT2D eigenvalue weighted by molar-refractivity contribution is 8.15. The van der Waals surface area contributed by atoms with Gasteiger partial charge < -0.3 is 0 Å². The average Bonchev–Trinajstić information content (AvgIpc) is 2.79. The van der Waals surface area contributed by atoms with Gasteiger partial charge >= 0.3 is 0 Å². The molecule has 0 spiro atoms. The van der Waals surface area contributed by atoms with Crippen LogP contribution >= 0.6 is 11.8 Å². The Labute approximate surface area is 115 Å². The van der Waals surface area contributed by atoms with Crippen LogP contribution in [0.3, 0.4) is 0 Å². The lowest BCUT2D eigenvalue weighted by Crippen LogP contribution is -2.29. The minimum absolute atomic E-state index is 0.0293. The first-order valence-electron chi connectivity index (χ1n) is 5.96. The number of anilines is 1. The fourth-order valence-corrected chi connectivity index (χ4v) is 2.87. The van der Waals surface area contributed by atoms with Crippen molar-refractivity contribution in [3.63, 3.8) is 0 Å². The quantitative estimate of drug-likeness (QED) is 0.907. The van der Waals surface area contributed by atoms with Crippen molar-refractivity contribution in [1.29, 1.82) is 5.41 Å². The van der Waals surface area contributed by atoms with Gasteiger partial charge in [0.15, 0.2) is 5.17 Å². The number of benzene rings is 2. The highest BCUT2D eigenvalue weighted by Gasteiger charge is 2.29. The van der Waals surface area contributed by atoms with Gasteiger partial charge in [-0.25, -0.2) is 0 Å². The predicted molar refractivity (Wildman–Crippen MR) is 79.5 cm³/mol. The van der Waals surface area contributed by atoms with Crippen LogP contribution in [0.1, 0.15) is 0 Å². The molecular weight excluding hydrogens is 256 g/mol. The van der Waals surface area contributed by atoms with Crippen LogP contribution in [0.5, 0.6) is 0 Å². The highest BCUT2D eigenvalue weighted by atomic mass is 32.2. The van der Waals surface area contributed by atoms with Gasteiger partial charge in [-0.05, 0) is 11.6 Å². The highest BCUT2D eigenvalue weighted by Crippen LogP contribution is 2.34. The molecule has 19 heavy (non-hydrogen) atoms. The second-order valence-electron chi connectivity index (χ2n) is 4.21. The van der Waals surface area contributed by atoms with Gasteiger partial charge in [0, 0.05) is 5.56 Å². The van der Waals surface area contributed by atoms with Crippen LogP contribution in [0.15, 0.2) is 54.6 Å². The fourth-order valence-electron chi connectivity index (χ4n) is 2.15. The molecule has 0 unspecified atom stereocenters. The number of hydrogen-bond donors (Lipinski definition) is 1. The Morgan fingerprint density at radius 2 is 1.68 bits per heavy atom. The fraction of sp³-hybridized carbons (Fsp3) is 0.0667. The van der Waals surface area contributed by atoms with E-state index in [4.69, 9.17) is 5.41 Å². The lowest BCUT2D eigenvalue weighted by atomic mass is 10.0. The number of para-hydroxylation sites is 1. The summed E-state index contributed by atoms with van der Waals surface area (Å²) in [6, 6.07) is 17.6. The molecule has 1 fully saturated rings. The lowest BCUT2D eigenvalue weighted by molar-refractivity contribution is -0.115. The number of carbonyl (C=O) groups excluding carboxylic acids is 1. The third kappa shape index (κ3) is 2.15. The number of rotatable bonds is 2. The molecule has 0 radical (unpaired) electrons. The summed E-state index contributed by atoms with van der Waals surface area (Å²) >= 11 is 1.27. The van der Waals surface area contributed by atoms with Crippen molar-refractivity contribution in [3.8, 4) is 11.1 Å². The largest absolute Gasteiger partial charge is 0.278 e. The summed E-state index contributed by atoms with van der Waals surface area (Å²) < 4.78 is 0. The zero-order valence-corrected chi connectivity index (χ0v) is 11.0. The van der Waals surface area contributed by atoms with Crippen LogP contribution in [-0.4, -0.2) is 16.8 Å². The normalized spacial score (nSPS) is 15.1. The van der Waals surface area contributed by atoms with Crippen LogP contribution in [-0.2, 0) is 4.79 Å². The van der Waals surface area contributed by atoms with E-state index >= 15 is 0 Å². The minimum atomic E-state index is -0.0293. The lowest BCUT2D eigenvalue weighted by Gasteiger charge is -2.19. The predicted octanol–water partition coefficient (Wildman–Crippen LogP) is 3.37. The number of nitrogens with zero attached hydrogens (tertiary/aromatic N) is 1. The second kappa shape index (κ2) is 4.90. The molecular formula is C15H12N2OS. The standard InChI is InChI=1S/C15H12N2OS/c16-15-17(14(18)10-19-15)13-9-5-4-8-12(13)11-6-2-1-3-7-11/h1-9,16H,10H2. The molecule has 3 nitrogen and oxygen atoms in total. The summed E-state index contributed by atoms with van der Waals surface area (Å²) in [5.41, 5.74) is 2.81. The molecule has 1 N–H and O–H groups in total. The van der Waals surface area contributed by atoms with Gasteiger partial charge in [-0.15, -0.1) is 0 Å². The number of amidine groups is 1. The zero-order valence-electron chi connectivity index (χ0n) is 10.2. The van der Waals surface area contributed by atoms with Crippen molar-refractivity contribution in [2.45, 2.75) is 0 Å². The molecule has 4 heteroatoms. The number of amides is 1. The summed E-state index contributed by atoms with van der Waals surface area (Å²) in [6.07, 6.45) is 0. The summed E-state index contributed by atoms with van der Waals surface area (Å²) in [6.45, 7) is 0. The van der Waals surface area contributed by atoms with E-state index in [-0.39, 0.29) is 5.91 Å². The molecule has 0 atom stereocenters. The molecule has 94 valence electrons. The van der Waals surface area contributed by atoms with Crippen molar-refractivity contribution >= 4 is 28.5 Å². The van der Waals surface area contributed by atoms with Crippen molar-refractivity contribution < 1.29 is 4.79 Å². The molecule has 1 amide bonds. The van der Waals surface area contributed by atoms with Gasteiger partial charge in [-0.2, -0.15) is 0 Å². The Bertz CT molecular complexity index is 624. The molecule has 2 aromatic carbocycles. The molecule has 1 aliphatic heterocycles. The number of hydrogen-bond acceptors (Lipinski definition) is 3. The van der Waals surface area contributed by atoms with E-state index < -0.39 is 0 Å². The molecule has 3 rings (SSSR count). The summed E-state index contributed by atoms with van der Waals surface area (Å²) in [4.78, 5) is 13.4. The summed E-state index contributed by atoms with van der Waals surface area (Å²) in [5, 5.41) is 8.20. The van der Waals surface area contributed by atoms with E-state index in [1.807, 2.05) is 54.6 Å². The van der Waals surface area contributed by atoms with E-state index in [9.17, 15) is 4.79 Å². The number of thioether (sulfide) groups is 1. The van der Waals surface area contributed by atoms with Crippen molar-refractivity contribution in [2.75, 3.05) is 10.7 Å². The first-order chi connectivity index (χ1) is 9.27. The molecule has 1 aliphatic rings. The van der Waals surface area contributed by atoms with Crippen LogP contribution in [0.2, 0.25) is 0 Å². The maximum atomic E-state index is 11.9. The van der Waals surface area contributed by atoms with Gasteiger partial charge in [0.1, 0.15) is 0 Å².